The van der Waals surface area contributed by atoms with Crippen LogP contribution < -0.4 is 4.89 Å². The summed E-state index contributed by atoms with van der Waals surface area (Å²) in [6.45, 7) is 1.92. The quantitative estimate of drug-likeness (QED) is 0.590. The van der Waals surface area contributed by atoms with Crippen molar-refractivity contribution in [3.8, 4) is 0 Å². The highest BCUT2D eigenvalue weighted by Gasteiger charge is 2.16. The maximum Gasteiger partial charge on any atom is 0.542 e. The van der Waals surface area contributed by atoms with Gasteiger partial charge in [0.15, 0.2) is 0 Å². The maximum absolute atomic E-state index is 11.3. The Labute approximate surface area is 98.1 Å². The van der Waals surface area contributed by atoms with E-state index >= 15 is 0 Å². The van der Waals surface area contributed by atoms with Gasteiger partial charge in [0.25, 0.3) is 0 Å². The molecule has 0 aromatic heterocycles. The first-order chi connectivity index (χ1) is 8.04. The zero-order chi connectivity index (χ0) is 12.8. The van der Waals surface area contributed by atoms with Crippen molar-refractivity contribution in [3.05, 3.63) is 35.4 Å². The van der Waals surface area contributed by atoms with Gasteiger partial charge in [-0.1, -0.05) is 0 Å². The highest BCUT2D eigenvalue weighted by atomic mass is 31.1. The Morgan fingerprint density at radius 1 is 1.18 bits per heavy atom. The van der Waals surface area contributed by atoms with E-state index in [-0.39, 0.29) is 17.7 Å². The van der Waals surface area contributed by atoms with Crippen LogP contribution >= 0.6 is 8.25 Å². The lowest BCUT2D eigenvalue weighted by Crippen LogP contribution is -2.06. The van der Waals surface area contributed by atoms with Crippen LogP contribution in [0.3, 0.4) is 0 Å². The number of benzene rings is 1. The van der Waals surface area contributed by atoms with Crippen LogP contribution in [0.2, 0.25) is 0 Å². The summed E-state index contributed by atoms with van der Waals surface area (Å²) in [6, 6.07) is 5.28. The van der Waals surface area contributed by atoms with Crippen LogP contribution in [0, 0.1) is 0 Å². The van der Waals surface area contributed by atoms with Gasteiger partial charge in [0.05, 0.1) is 17.7 Å². The molecule has 0 aliphatic rings. The molecule has 0 heterocycles. The fourth-order valence-electron chi connectivity index (χ4n) is 1.08. The van der Waals surface area contributed by atoms with Crippen LogP contribution in [-0.2, 0) is 13.8 Å². The Balaban J connectivity index is 2.77. The number of hydrogen-bond donors (Lipinski definition) is 0. The summed E-state index contributed by atoms with van der Waals surface area (Å²) in [5.41, 5.74) is 0.312. The third-order valence-corrected chi connectivity index (χ3v) is 2.10. The molecule has 0 bridgehead atoms. The minimum Gasteiger partial charge on any atom is -0.558 e. The topological polar surface area (TPSA) is 92.7 Å². The first kappa shape index (κ1) is 13.3. The van der Waals surface area contributed by atoms with E-state index < -0.39 is 20.2 Å². The number of carbonyl (C=O) groups is 2. The molecule has 0 saturated heterocycles. The van der Waals surface area contributed by atoms with E-state index in [4.69, 9.17) is 4.74 Å². The normalized spacial score (nSPS) is 10.6. The van der Waals surface area contributed by atoms with Crippen LogP contribution in [0.1, 0.15) is 27.6 Å². The summed E-state index contributed by atoms with van der Waals surface area (Å²) in [7, 11) is -3.23. The molecule has 7 heteroatoms. The van der Waals surface area contributed by atoms with E-state index in [0.29, 0.717) is 0 Å². The summed E-state index contributed by atoms with van der Waals surface area (Å²) >= 11 is 0. The zero-order valence-electron chi connectivity index (χ0n) is 8.91. The molecule has 1 rings (SSSR count). The monoisotopic (exact) mass is 256 g/mol. The SMILES string of the molecule is CCOC(=O)c1ccc(C(=O)O[P+](=O)[O-])cc1. The van der Waals surface area contributed by atoms with Crippen molar-refractivity contribution in [3.63, 3.8) is 0 Å². The van der Waals surface area contributed by atoms with Crippen LogP contribution in [0.5, 0.6) is 0 Å². The Morgan fingerprint density at radius 2 is 1.65 bits per heavy atom. The summed E-state index contributed by atoms with van der Waals surface area (Å²) in [5.74, 6) is -1.50. The molecule has 0 radical (unpaired) electrons. The Kier molecular flexibility index (Phi) is 4.75. The average Bonchev–Trinajstić information content (AvgIpc) is 2.28. The predicted molar refractivity (Wildman–Crippen MR) is 55.4 cm³/mol. The van der Waals surface area contributed by atoms with Crippen molar-refractivity contribution in [2.75, 3.05) is 6.61 Å². The van der Waals surface area contributed by atoms with Crippen LogP contribution in [0.25, 0.3) is 0 Å². The molecule has 6 nitrogen and oxygen atoms in total. The largest absolute Gasteiger partial charge is 0.558 e. The molecule has 0 N–H and O–H groups in total. The van der Waals surface area contributed by atoms with Crippen LogP contribution in [-0.4, -0.2) is 18.5 Å². The lowest BCUT2D eigenvalue weighted by atomic mass is 10.1. The second-order valence-electron chi connectivity index (χ2n) is 2.90. The lowest BCUT2D eigenvalue weighted by Gasteiger charge is -2.01. The van der Waals surface area contributed by atoms with Gasteiger partial charge in [-0.3, -0.25) is 0 Å². The van der Waals surface area contributed by atoms with Crippen molar-refractivity contribution in [1.29, 1.82) is 0 Å². The molecule has 0 aliphatic carbocycles. The molecular formula is C10H9O6P. The highest BCUT2D eigenvalue weighted by molar-refractivity contribution is 7.31. The van der Waals surface area contributed by atoms with Gasteiger partial charge in [-0.15, -0.1) is 0 Å². The molecule has 1 aromatic carbocycles. The third kappa shape index (κ3) is 3.94. The molecular weight excluding hydrogens is 247 g/mol. The number of rotatable bonds is 4. The molecule has 90 valence electrons. The number of ether oxygens (including phenoxy) is 1. The fourth-order valence-corrected chi connectivity index (χ4v) is 1.32. The zero-order valence-corrected chi connectivity index (χ0v) is 9.81. The predicted octanol–water partition coefficient (Wildman–Crippen LogP) is 1.04. The minimum absolute atomic E-state index is 0.0391. The van der Waals surface area contributed by atoms with Crippen LogP contribution in [0.15, 0.2) is 24.3 Å². The van der Waals surface area contributed by atoms with Crippen LogP contribution in [0.4, 0.5) is 0 Å². The minimum atomic E-state index is -3.23. The van der Waals surface area contributed by atoms with Gasteiger partial charge in [0, 0.05) is 0 Å². The van der Waals surface area contributed by atoms with E-state index in [1.807, 2.05) is 0 Å². The van der Waals surface area contributed by atoms with Gasteiger partial charge in [0.2, 0.25) is 0 Å². The first-order valence-corrected chi connectivity index (χ1v) is 5.78. The Hall–Kier alpha value is -1.78. The van der Waals surface area contributed by atoms with Crippen molar-refractivity contribution in [2.45, 2.75) is 6.92 Å². The van der Waals surface area contributed by atoms with E-state index in [1.165, 1.54) is 24.3 Å². The number of carbonyl (C=O) groups excluding carboxylic acids is 2. The molecule has 1 aromatic rings. The second kappa shape index (κ2) is 6.08. The van der Waals surface area contributed by atoms with E-state index in [0.717, 1.165) is 0 Å². The lowest BCUT2D eigenvalue weighted by molar-refractivity contribution is -0.181. The summed E-state index contributed by atoms with van der Waals surface area (Å²) in [6.07, 6.45) is 0. The smallest absolute Gasteiger partial charge is 0.542 e. The molecule has 0 saturated carbocycles. The van der Waals surface area contributed by atoms with E-state index in [1.54, 1.807) is 6.92 Å². The van der Waals surface area contributed by atoms with Gasteiger partial charge in [-0.05, 0) is 35.8 Å². The molecule has 17 heavy (non-hydrogen) atoms. The maximum atomic E-state index is 11.3. The third-order valence-electron chi connectivity index (χ3n) is 1.79. The summed E-state index contributed by atoms with van der Waals surface area (Å²) < 4.78 is 18.9. The van der Waals surface area contributed by atoms with E-state index in [2.05, 4.69) is 4.52 Å². The van der Waals surface area contributed by atoms with Crippen molar-refractivity contribution >= 4 is 20.2 Å². The standard InChI is InChI=1S/C10H9O6P/c1-2-15-9(11)7-3-5-8(6-4-7)10(12)16-17(13)14/h3-6H,2H2,1H3. The van der Waals surface area contributed by atoms with Gasteiger partial charge in [-0.25, -0.2) is 14.1 Å². The number of hydrogen-bond acceptors (Lipinski definition) is 6. The molecule has 0 fully saturated rings. The molecule has 0 aliphatic heterocycles. The Bertz CT molecular complexity index is 439. The summed E-state index contributed by atoms with van der Waals surface area (Å²) in [4.78, 5) is 32.6. The highest BCUT2D eigenvalue weighted by Crippen LogP contribution is 2.14. The molecule has 1 unspecified atom stereocenters. The van der Waals surface area contributed by atoms with Crippen molar-refractivity contribution in [1.82, 2.24) is 0 Å². The van der Waals surface area contributed by atoms with Crippen molar-refractivity contribution < 1.29 is 28.3 Å². The molecule has 0 amide bonds. The fraction of sp³-hybridized carbons (Fsp3) is 0.200. The van der Waals surface area contributed by atoms with E-state index in [9.17, 15) is 19.0 Å². The average molecular weight is 256 g/mol. The molecule has 1 atom stereocenters. The molecule has 0 spiro atoms. The van der Waals surface area contributed by atoms with Gasteiger partial charge < -0.3 is 9.63 Å². The van der Waals surface area contributed by atoms with Gasteiger partial charge in [0.1, 0.15) is 0 Å². The first-order valence-electron chi connectivity index (χ1n) is 4.68. The van der Waals surface area contributed by atoms with Gasteiger partial charge in [-0.2, -0.15) is 0 Å². The second-order valence-corrected chi connectivity index (χ2v) is 3.53. The Morgan fingerprint density at radius 3 is 2.06 bits per heavy atom. The summed E-state index contributed by atoms with van der Waals surface area (Å²) in [5, 5.41) is 0. The van der Waals surface area contributed by atoms with Crippen molar-refractivity contribution in [2.24, 2.45) is 0 Å². The van der Waals surface area contributed by atoms with Gasteiger partial charge >= 0.3 is 20.2 Å². The number of esters is 1.